The highest BCUT2D eigenvalue weighted by atomic mass is 35.5. The van der Waals surface area contributed by atoms with E-state index in [-0.39, 0.29) is 5.56 Å². The highest BCUT2D eigenvalue weighted by Gasteiger charge is 2.14. The first kappa shape index (κ1) is 14.1. The molecule has 0 bridgehead atoms. The topological polar surface area (TPSA) is 34.9 Å². The van der Waals surface area contributed by atoms with Gasteiger partial charge in [-0.15, -0.1) is 0 Å². The van der Waals surface area contributed by atoms with Gasteiger partial charge in [-0.1, -0.05) is 41.4 Å². The zero-order chi connectivity index (χ0) is 15.1. The fourth-order valence-electron chi connectivity index (χ4n) is 2.42. The van der Waals surface area contributed by atoms with Crippen LogP contribution in [0, 0.1) is 13.8 Å². The molecular weight excluding hydrogens is 307 g/mol. The molecule has 0 atom stereocenters. The maximum atomic E-state index is 12.8. The number of benzene rings is 2. The van der Waals surface area contributed by atoms with Crippen LogP contribution in [0.5, 0.6) is 0 Å². The van der Waals surface area contributed by atoms with Crippen LogP contribution in [0.15, 0.2) is 41.2 Å². The highest BCUT2D eigenvalue weighted by molar-refractivity contribution is 6.38. The SMILES string of the molecule is Cc1ccccc1-n1c(C)nc2c(Cl)cc(Cl)cc2c1=O. The lowest BCUT2D eigenvalue weighted by molar-refractivity contribution is 0.888. The molecular formula is C16H12Cl2N2O. The molecule has 0 spiro atoms. The van der Waals surface area contributed by atoms with Gasteiger partial charge < -0.3 is 0 Å². The lowest BCUT2D eigenvalue weighted by Crippen LogP contribution is -2.23. The first-order valence-corrected chi connectivity index (χ1v) is 7.19. The third kappa shape index (κ3) is 2.33. The Morgan fingerprint density at radius 2 is 1.81 bits per heavy atom. The van der Waals surface area contributed by atoms with E-state index in [0.717, 1.165) is 11.3 Å². The molecule has 0 unspecified atom stereocenters. The Hall–Kier alpha value is -1.84. The number of aromatic nitrogens is 2. The number of nitrogens with zero attached hydrogens (tertiary/aromatic N) is 2. The van der Waals surface area contributed by atoms with Gasteiger partial charge in [0.2, 0.25) is 0 Å². The van der Waals surface area contributed by atoms with E-state index in [9.17, 15) is 4.79 Å². The molecule has 0 radical (unpaired) electrons. The van der Waals surface area contributed by atoms with Crippen molar-refractivity contribution < 1.29 is 0 Å². The number of aryl methyl sites for hydroxylation is 2. The number of rotatable bonds is 1. The minimum absolute atomic E-state index is 0.170. The largest absolute Gasteiger partial charge is 0.268 e. The Bertz CT molecular complexity index is 916. The van der Waals surface area contributed by atoms with E-state index < -0.39 is 0 Å². The number of hydrogen-bond acceptors (Lipinski definition) is 2. The van der Waals surface area contributed by atoms with Crippen LogP contribution in [-0.4, -0.2) is 9.55 Å². The Balaban J connectivity index is 2.46. The maximum Gasteiger partial charge on any atom is 0.266 e. The summed E-state index contributed by atoms with van der Waals surface area (Å²) in [5.74, 6) is 0.589. The van der Waals surface area contributed by atoms with Crippen molar-refractivity contribution in [1.29, 1.82) is 0 Å². The molecule has 0 aliphatic heterocycles. The molecule has 0 N–H and O–H groups in total. The van der Waals surface area contributed by atoms with Gasteiger partial charge in [0, 0.05) is 5.02 Å². The van der Waals surface area contributed by atoms with Crippen molar-refractivity contribution in [3.63, 3.8) is 0 Å². The van der Waals surface area contributed by atoms with Crippen LogP contribution in [-0.2, 0) is 0 Å². The summed E-state index contributed by atoms with van der Waals surface area (Å²) in [6.45, 7) is 3.74. The van der Waals surface area contributed by atoms with E-state index in [1.54, 1.807) is 23.6 Å². The van der Waals surface area contributed by atoms with Gasteiger partial charge in [0.1, 0.15) is 5.82 Å². The van der Waals surface area contributed by atoms with Crippen molar-refractivity contribution >= 4 is 34.1 Å². The average molecular weight is 319 g/mol. The van der Waals surface area contributed by atoms with Crippen molar-refractivity contribution in [2.75, 3.05) is 0 Å². The summed E-state index contributed by atoms with van der Waals surface area (Å²) in [5, 5.41) is 1.22. The monoisotopic (exact) mass is 318 g/mol. The number of halogens is 2. The highest BCUT2D eigenvalue weighted by Crippen LogP contribution is 2.25. The Labute approximate surface area is 131 Å². The Kier molecular flexibility index (Phi) is 3.47. The van der Waals surface area contributed by atoms with Crippen LogP contribution in [0.4, 0.5) is 0 Å². The lowest BCUT2D eigenvalue weighted by Gasteiger charge is -2.13. The Morgan fingerprint density at radius 1 is 1.10 bits per heavy atom. The van der Waals surface area contributed by atoms with Crippen LogP contribution in [0.1, 0.15) is 11.4 Å². The van der Waals surface area contributed by atoms with Crippen LogP contribution >= 0.6 is 23.2 Å². The van der Waals surface area contributed by atoms with Crippen molar-refractivity contribution in [3.05, 3.63) is 68.2 Å². The van der Waals surface area contributed by atoms with Gasteiger partial charge in [-0.05, 0) is 37.6 Å². The molecule has 3 nitrogen and oxygen atoms in total. The van der Waals surface area contributed by atoms with Crippen LogP contribution in [0.3, 0.4) is 0 Å². The first-order chi connectivity index (χ1) is 9.99. The van der Waals surface area contributed by atoms with Crippen molar-refractivity contribution in [3.8, 4) is 5.69 Å². The van der Waals surface area contributed by atoms with Crippen LogP contribution in [0.25, 0.3) is 16.6 Å². The molecule has 0 aliphatic carbocycles. The number of fused-ring (bicyclic) bond motifs is 1. The van der Waals surface area contributed by atoms with Crippen molar-refractivity contribution in [2.24, 2.45) is 0 Å². The molecule has 0 saturated carbocycles. The van der Waals surface area contributed by atoms with E-state index in [4.69, 9.17) is 23.2 Å². The molecule has 1 heterocycles. The first-order valence-electron chi connectivity index (χ1n) is 6.43. The van der Waals surface area contributed by atoms with E-state index in [0.29, 0.717) is 26.8 Å². The summed E-state index contributed by atoms with van der Waals surface area (Å²) in [6.07, 6.45) is 0. The zero-order valence-electron chi connectivity index (χ0n) is 11.5. The van der Waals surface area contributed by atoms with Gasteiger partial charge in [0.05, 0.1) is 21.6 Å². The van der Waals surface area contributed by atoms with E-state index in [2.05, 4.69) is 4.98 Å². The molecule has 0 amide bonds. The molecule has 2 aromatic carbocycles. The second-order valence-corrected chi connectivity index (χ2v) is 5.71. The summed E-state index contributed by atoms with van der Waals surface area (Å²) in [5.41, 5.74) is 2.12. The minimum Gasteiger partial charge on any atom is -0.268 e. The molecule has 0 fully saturated rings. The molecule has 3 rings (SSSR count). The summed E-state index contributed by atoms with van der Waals surface area (Å²) in [6, 6.07) is 10.9. The molecule has 21 heavy (non-hydrogen) atoms. The summed E-state index contributed by atoms with van der Waals surface area (Å²) in [7, 11) is 0. The third-order valence-electron chi connectivity index (χ3n) is 3.42. The normalized spacial score (nSPS) is 11.0. The van der Waals surface area contributed by atoms with Crippen LogP contribution < -0.4 is 5.56 Å². The number of para-hydroxylation sites is 1. The predicted octanol–water partition coefficient (Wildman–Crippen LogP) is 4.31. The van der Waals surface area contributed by atoms with Gasteiger partial charge >= 0.3 is 0 Å². The lowest BCUT2D eigenvalue weighted by atomic mass is 10.2. The second-order valence-electron chi connectivity index (χ2n) is 4.87. The smallest absolute Gasteiger partial charge is 0.266 e. The standard InChI is InChI=1S/C16H12Cl2N2O/c1-9-5-3-4-6-14(9)20-10(2)19-15-12(16(20)21)7-11(17)8-13(15)18/h3-8H,1-2H3. The van der Waals surface area contributed by atoms with Crippen molar-refractivity contribution in [1.82, 2.24) is 9.55 Å². The summed E-state index contributed by atoms with van der Waals surface area (Å²) < 4.78 is 1.59. The molecule has 1 aromatic heterocycles. The zero-order valence-corrected chi connectivity index (χ0v) is 13.0. The minimum atomic E-state index is -0.170. The fourth-order valence-corrected chi connectivity index (χ4v) is 2.96. The molecule has 5 heteroatoms. The molecule has 3 aromatic rings. The van der Waals surface area contributed by atoms with Gasteiger partial charge in [-0.25, -0.2) is 4.98 Å². The quantitative estimate of drug-likeness (QED) is 0.670. The Morgan fingerprint density at radius 3 is 2.52 bits per heavy atom. The van der Waals surface area contributed by atoms with Gasteiger partial charge in [-0.3, -0.25) is 9.36 Å². The molecule has 106 valence electrons. The van der Waals surface area contributed by atoms with Gasteiger partial charge in [-0.2, -0.15) is 0 Å². The number of hydrogen-bond donors (Lipinski definition) is 0. The molecule has 0 aliphatic rings. The van der Waals surface area contributed by atoms with E-state index in [1.807, 2.05) is 31.2 Å². The second kappa shape index (κ2) is 5.17. The van der Waals surface area contributed by atoms with Crippen molar-refractivity contribution in [2.45, 2.75) is 13.8 Å². The summed E-state index contributed by atoms with van der Waals surface area (Å²) in [4.78, 5) is 17.3. The average Bonchev–Trinajstić information content (AvgIpc) is 2.42. The fraction of sp³-hybridized carbons (Fsp3) is 0.125. The van der Waals surface area contributed by atoms with Crippen LogP contribution in [0.2, 0.25) is 10.0 Å². The van der Waals surface area contributed by atoms with Gasteiger partial charge in [0.25, 0.3) is 5.56 Å². The van der Waals surface area contributed by atoms with E-state index in [1.165, 1.54) is 0 Å². The maximum absolute atomic E-state index is 12.8. The third-order valence-corrected chi connectivity index (χ3v) is 3.92. The predicted molar refractivity (Wildman–Crippen MR) is 86.8 cm³/mol. The van der Waals surface area contributed by atoms with Gasteiger partial charge in [0.15, 0.2) is 0 Å². The van der Waals surface area contributed by atoms with E-state index >= 15 is 0 Å². The molecule has 0 saturated heterocycles. The summed E-state index contributed by atoms with van der Waals surface area (Å²) >= 11 is 12.1.